The van der Waals surface area contributed by atoms with Crippen molar-refractivity contribution in [3.05, 3.63) is 24.3 Å². The molecule has 1 unspecified atom stereocenters. The quantitative estimate of drug-likeness (QED) is 0.643. The number of alkyl halides is 2. The first-order valence-corrected chi connectivity index (χ1v) is 11.7. The molecule has 0 saturated carbocycles. The van der Waals surface area contributed by atoms with Gasteiger partial charge in [0.1, 0.15) is 5.75 Å². The van der Waals surface area contributed by atoms with E-state index in [0.717, 1.165) is 57.1 Å². The minimum absolute atomic E-state index is 0.0303. The SMILES string of the molecule is FC(F)Oc1ccc(SN2CCC3(CC2)CC(N2CC4(CCCOC4)C2)CO3)cc1. The molecule has 4 aliphatic rings. The van der Waals surface area contributed by atoms with Crippen molar-refractivity contribution >= 4 is 11.9 Å². The summed E-state index contributed by atoms with van der Waals surface area (Å²) < 4.78 is 43.4. The Morgan fingerprint density at radius 1 is 1.10 bits per heavy atom. The van der Waals surface area contributed by atoms with E-state index >= 15 is 0 Å². The fraction of sp³-hybridized carbons (Fsp3) is 0.727. The van der Waals surface area contributed by atoms with Gasteiger partial charge in [0.2, 0.25) is 0 Å². The maximum absolute atomic E-state index is 12.3. The molecule has 5 nitrogen and oxygen atoms in total. The third-order valence-corrected chi connectivity index (χ3v) is 8.21. The molecule has 1 atom stereocenters. The molecule has 0 radical (unpaired) electrons. The lowest BCUT2D eigenvalue weighted by atomic mass is 9.74. The highest BCUT2D eigenvalue weighted by atomic mass is 32.2. The molecule has 166 valence electrons. The van der Waals surface area contributed by atoms with E-state index in [1.165, 1.54) is 25.9 Å². The van der Waals surface area contributed by atoms with Crippen molar-refractivity contribution in [2.45, 2.75) is 55.3 Å². The summed E-state index contributed by atoms with van der Waals surface area (Å²) in [6.45, 7) is 4.23. The van der Waals surface area contributed by atoms with E-state index in [2.05, 4.69) is 13.9 Å². The van der Waals surface area contributed by atoms with Crippen LogP contribution in [0.2, 0.25) is 0 Å². The minimum Gasteiger partial charge on any atom is -0.435 e. The van der Waals surface area contributed by atoms with Gasteiger partial charge in [0.15, 0.2) is 0 Å². The van der Waals surface area contributed by atoms with E-state index in [0.29, 0.717) is 11.5 Å². The Morgan fingerprint density at radius 3 is 2.53 bits per heavy atom. The molecule has 2 spiro atoms. The van der Waals surface area contributed by atoms with E-state index in [1.807, 2.05) is 12.1 Å². The van der Waals surface area contributed by atoms with Crippen molar-refractivity contribution < 1.29 is 23.0 Å². The Labute approximate surface area is 181 Å². The smallest absolute Gasteiger partial charge is 0.387 e. The van der Waals surface area contributed by atoms with E-state index in [1.54, 1.807) is 24.1 Å². The van der Waals surface area contributed by atoms with Gasteiger partial charge in [0.25, 0.3) is 0 Å². The number of ether oxygens (including phenoxy) is 3. The Kier molecular flexibility index (Phi) is 5.96. The summed E-state index contributed by atoms with van der Waals surface area (Å²) in [6, 6.07) is 7.43. The van der Waals surface area contributed by atoms with Gasteiger partial charge in [-0.2, -0.15) is 8.78 Å². The standard InChI is InChI=1S/C22H30F2N2O3S/c23-20(24)29-18-2-4-19(5-3-18)30-26-9-7-22(8-10-26)12-17(13-28-22)25-14-21(15-25)6-1-11-27-16-21/h2-5,17,20H,1,6-16H2. The van der Waals surface area contributed by atoms with Crippen molar-refractivity contribution in [2.75, 3.05) is 46.0 Å². The Balaban J connectivity index is 1.08. The summed E-state index contributed by atoms with van der Waals surface area (Å²) in [5.41, 5.74) is 0.451. The third kappa shape index (κ3) is 4.48. The summed E-state index contributed by atoms with van der Waals surface area (Å²) in [6.07, 6.45) is 5.75. The molecule has 5 rings (SSSR count). The van der Waals surface area contributed by atoms with Crippen LogP contribution in [0, 0.1) is 5.41 Å². The fourth-order valence-electron chi connectivity index (χ4n) is 5.45. The fourth-order valence-corrected chi connectivity index (χ4v) is 6.37. The minimum atomic E-state index is -2.78. The summed E-state index contributed by atoms with van der Waals surface area (Å²) in [7, 11) is 0. The number of likely N-dealkylation sites (tertiary alicyclic amines) is 1. The molecule has 1 aromatic rings. The molecule has 0 N–H and O–H groups in total. The van der Waals surface area contributed by atoms with E-state index in [9.17, 15) is 8.78 Å². The molecule has 1 aromatic carbocycles. The first-order valence-electron chi connectivity index (χ1n) is 11.0. The second-order valence-corrected chi connectivity index (χ2v) is 10.5. The zero-order valence-electron chi connectivity index (χ0n) is 17.2. The molecule has 4 heterocycles. The molecule has 0 aliphatic carbocycles. The molecule has 4 fully saturated rings. The number of rotatable bonds is 5. The lowest BCUT2D eigenvalue weighted by Gasteiger charge is -2.54. The molecule has 30 heavy (non-hydrogen) atoms. The Morgan fingerprint density at radius 2 is 1.87 bits per heavy atom. The summed E-state index contributed by atoms with van der Waals surface area (Å²) >= 11 is 1.68. The molecule has 4 aliphatic heterocycles. The predicted molar refractivity (Wildman–Crippen MR) is 111 cm³/mol. The van der Waals surface area contributed by atoms with Crippen molar-refractivity contribution in [2.24, 2.45) is 5.41 Å². The molecular weight excluding hydrogens is 410 g/mol. The molecular formula is C22H30F2N2O3S. The number of nitrogens with zero attached hydrogens (tertiary/aromatic N) is 2. The number of piperidine rings is 1. The van der Waals surface area contributed by atoms with Crippen LogP contribution >= 0.6 is 11.9 Å². The zero-order valence-corrected chi connectivity index (χ0v) is 18.0. The van der Waals surface area contributed by atoms with Crippen LogP contribution in [0.5, 0.6) is 5.75 Å². The van der Waals surface area contributed by atoms with Gasteiger partial charge in [0, 0.05) is 49.1 Å². The average Bonchev–Trinajstić information content (AvgIpc) is 3.13. The van der Waals surface area contributed by atoms with Gasteiger partial charge < -0.3 is 14.2 Å². The summed E-state index contributed by atoms with van der Waals surface area (Å²) in [4.78, 5) is 3.66. The molecule has 4 saturated heterocycles. The van der Waals surface area contributed by atoms with Crippen molar-refractivity contribution in [1.82, 2.24) is 9.21 Å². The zero-order chi connectivity index (χ0) is 20.6. The highest BCUT2D eigenvalue weighted by Gasteiger charge is 2.51. The first kappa shape index (κ1) is 20.9. The Bertz CT molecular complexity index is 714. The highest BCUT2D eigenvalue weighted by Crippen LogP contribution is 2.45. The lowest BCUT2D eigenvalue weighted by Crippen LogP contribution is -2.63. The molecule has 8 heteroatoms. The van der Waals surface area contributed by atoms with Gasteiger partial charge in [-0.3, -0.25) is 4.90 Å². The summed E-state index contributed by atoms with van der Waals surface area (Å²) in [5.74, 6) is 0.199. The van der Waals surface area contributed by atoms with Gasteiger partial charge in [-0.25, -0.2) is 4.31 Å². The first-order chi connectivity index (χ1) is 14.5. The number of benzene rings is 1. The van der Waals surface area contributed by atoms with Crippen LogP contribution in [0.15, 0.2) is 29.2 Å². The van der Waals surface area contributed by atoms with Gasteiger partial charge in [-0.15, -0.1) is 0 Å². The maximum atomic E-state index is 12.3. The largest absolute Gasteiger partial charge is 0.435 e. The highest BCUT2D eigenvalue weighted by molar-refractivity contribution is 7.97. The van der Waals surface area contributed by atoms with Crippen LogP contribution in [0.25, 0.3) is 0 Å². The van der Waals surface area contributed by atoms with Gasteiger partial charge in [-0.1, -0.05) is 0 Å². The van der Waals surface area contributed by atoms with Gasteiger partial charge >= 0.3 is 6.61 Å². The Hall–Kier alpha value is -0.930. The van der Waals surface area contributed by atoms with Crippen LogP contribution in [0.1, 0.15) is 32.1 Å². The van der Waals surface area contributed by atoms with Crippen LogP contribution in [0.3, 0.4) is 0 Å². The molecule has 0 bridgehead atoms. The van der Waals surface area contributed by atoms with Crippen LogP contribution < -0.4 is 4.74 Å². The average molecular weight is 441 g/mol. The third-order valence-electron chi connectivity index (χ3n) is 7.10. The van der Waals surface area contributed by atoms with Gasteiger partial charge in [-0.05, 0) is 68.3 Å². The van der Waals surface area contributed by atoms with E-state index in [4.69, 9.17) is 9.47 Å². The van der Waals surface area contributed by atoms with E-state index in [-0.39, 0.29) is 11.4 Å². The second-order valence-electron chi connectivity index (χ2n) is 9.28. The van der Waals surface area contributed by atoms with E-state index < -0.39 is 6.61 Å². The number of halogens is 2. The van der Waals surface area contributed by atoms with Crippen molar-refractivity contribution in [3.63, 3.8) is 0 Å². The van der Waals surface area contributed by atoms with Crippen LogP contribution in [0.4, 0.5) is 8.78 Å². The number of hydrogen-bond donors (Lipinski definition) is 0. The normalized spacial score (nSPS) is 28.8. The predicted octanol–water partition coefficient (Wildman–Crippen LogP) is 4.03. The molecule has 0 amide bonds. The molecule has 0 aromatic heterocycles. The van der Waals surface area contributed by atoms with Crippen molar-refractivity contribution in [1.29, 1.82) is 0 Å². The van der Waals surface area contributed by atoms with Crippen LogP contribution in [-0.2, 0) is 9.47 Å². The maximum Gasteiger partial charge on any atom is 0.387 e. The van der Waals surface area contributed by atoms with Crippen molar-refractivity contribution in [3.8, 4) is 5.75 Å². The number of hydrogen-bond acceptors (Lipinski definition) is 6. The topological polar surface area (TPSA) is 34.2 Å². The second kappa shape index (κ2) is 8.54. The van der Waals surface area contributed by atoms with Gasteiger partial charge in [0.05, 0.1) is 18.8 Å². The lowest BCUT2D eigenvalue weighted by molar-refractivity contribution is -0.115. The summed E-state index contributed by atoms with van der Waals surface area (Å²) in [5, 5.41) is 0. The monoisotopic (exact) mass is 440 g/mol. The van der Waals surface area contributed by atoms with Crippen LogP contribution in [-0.4, -0.2) is 73.5 Å².